The number of nitrogen functional groups attached to an aromatic ring is 2. The number of aromatic amines is 1. The molecule has 26 heavy (non-hydrogen) atoms. The quantitative estimate of drug-likeness (QED) is 0.601. The number of hydrogen-bond donors (Lipinski definition) is 3. The van der Waals surface area contributed by atoms with Gasteiger partial charge in [0.1, 0.15) is 5.82 Å². The van der Waals surface area contributed by atoms with Crippen LogP contribution in [0, 0.1) is 0 Å². The SMILES string of the molecule is Nc1ccc(-c2nc3c(c(=O)[nH]2)CN(Cc2cnc(N)nc2)CC3)cc1. The van der Waals surface area contributed by atoms with Gasteiger partial charge in [-0.15, -0.1) is 0 Å². The van der Waals surface area contributed by atoms with E-state index in [9.17, 15) is 4.79 Å². The zero-order chi connectivity index (χ0) is 18.1. The summed E-state index contributed by atoms with van der Waals surface area (Å²) in [6.07, 6.45) is 4.14. The summed E-state index contributed by atoms with van der Waals surface area (Å²) in [6, 6.07) is 7.31. The number of nitrogens with one attached hydrogen (secondary N) is 1. The largest absolute Gasteiger partial charge is 0.399 e. The molecule has 3 heterocycles. The van der Waals surface area contributed by atoms with Crippen molar-refractivity contribution in [1.29, 1.82) is 0 Å². The van der Waals surface area contributed by atoms with Gasteiger partial charge >= 0.3 is 0 Å². The molecule has 1 aliphatic heterocycles. The molecule has 0 saturated heterocycles. The maximum Gasteiger partial charge on any atom is 0.255 e. The summed E-state index contributed by atoms with van der Waals surface area (Å²) in [6.45, 7) is 2.03. The van der Waals surface area contributed by atoms with Crippen molar-refractivity contribution in [2.75, 3.05) is 18.0 Å². The molecule has 8 heteroatoms. The van der Waals surface area contributed by atoms with Crippen molar-refractivity contribution < 1.29 is 0 Å². The van der Waals surface area contributed by atoms with Crippen molar-refractivity contribution in [2.24, 2.45) is 0 Å². The van der Waals surface area contributed by atoms with E-state index in [-0.39, 0.29) is 11.5 Å². The van der Waals surface area contributed by atoms with Gasteiger partial charge in [0, 0.05) is 55.3 Å². The third kappa shape index (κ3) is 3.27. The Bertz CT molecular complexity index is 980. The standard InChI is InChI=1S/C18H19N7O/c19-13-3-1-12(2-4-13)16-23-15-5-6-25(10-14(15)17(26)24-16)9-11-7-21-18(20)22-8-11/h1-4,7-8H,5-6,9-10,19H2,(H2,20,21,22)(H,23,24,26). The van der Waals surface area contributed by atoms with Crippen molar-refractivity contribution >= 4 is 11.6 Å². The summed E-state index contributed by atoms with van der Waals surface area (Å²) in [5.74, 6) is 0.836. The van der Waals surface area contributed by atoms with Crippen LogP contribution in [0.1, 0.15) is 16.8 Å². The van der Waals surface area contributed by atoms with E-state index in [1.54, 1.807) is 24.5 Å². The number of hydrogen-bond acceptors (Lipinski definition) is 7. The lowest BCUT2D eigenvalue weighted by molar-refractivity contribution is 0.241. The van der Waals surface area contributed by atoms with Gasteiger partial charge in [-0.25, -0.2) is 15.0 Å². The van der Waals surface area contributed by atoms with Crippen molar-refractivity contribution in [2.45, 2.75) is 19.5 Å². The molecule has 3 aromatic rings. The predicted octanol–water partition coefficient (Wildman–Crippen LogP) is 0.950. The van der Waals surface area contributed by atoms with Crippen LogP contribution < -0.4 is 17.0 Å². The highest BCUT2D eigenvalue weighted by molar-refractivity contribution is 5.58. The number of H-pyrrole nitrogens is 1. The van der Waals surface area contributed by atoms with Crippen LogP contribution in [0.2, 0.25) is 0 Å². The molecule has 0 amide bonds. The fourth-order valence-corrected chi connectivity index (χ4v) is 3.10. The van der Waals surface area contributed by atoms with Crippen LogP contribution in [0.3, 0.4) is 0 Å². The number of fused-ring (bicyclic) bond motifs is 1. The molecule has 1 aromatic carbocycles. The number of nitrogens with zero attached hydrogens (tertiary/aromatic N) is 4. The van der Waals surface area contributed by atoms with Crippen molar-refractivity contribution in [3.63, 3.8) is 0 Å². The lowest BCUT2D eigenvalue weighted by Gasteiger charge is -2.27. The monoisotopic (exact) mass is 349 g/mol. The summed E-state index contributed by atoms with van der Waals surface area (Å²) < 4.78 is 0. The fourth-order valence-electron chi connectivity index (χ4n) is 3.10. The van der Waals surface area contributed by atoms with Gasteiger partial charge in [-0.2, -0.15) is 0 Å². The van der Waals surface area contributed by atoms with E-state index in [0.29, 0.717) is 30.2 Å². The van der Waals surface area contributed by atoms with Crippen LogP contribution in [0.5, 0.6) is 0 Å². The maximum atomic E-state index is 12.6. The van der Waals surface area contributed by atoms with Crippen LogP contribution in [0.4, 0.5) is 11.6 Å². The summed E-state index contributed by atoms with van der Waals surface area (Å²) in [4.78, 5) is 30.3. The molecule has 0 bridgehead atoms. The Kier molecular flexibility index (Phi) is 4.10. The second-order valence-electron chi connectivity index (χ2n) is 6.37. The van der Waals surface area contributed by atoms with Crippen molar-refractivity contribution in [1.82, 2.24) is 24.8 Å². The molecular formula is C18H19N7O. The number of rotatable bonds is 3. The number of aromatic nitrogens is 4. The lowest BCUT2D eigenvalue weighted by Crippen LogP contribution is -2.35. The zero-order valence-corrected chi connectivity index (χ0v) is 14.1. The van der Waals surface area contributed by atoms with Crippen LogP contribution in [0.25, 0.3) is 11.4 Å². The Morgan fingerprint density at radius 2 is 1.85 bits per heavy atom. The molecule has 0 fully saturated rings. The highest BCUT2D eigenvalue weighted by Crippen LogP contribution is 2.20. The van der Waals surface area contributed by atoms with E-state index in [1.165, 1.54) is 0 Å². The Labute approximate surface area is 149 Å². The van der Waals surface area contributed by atoms with Gasteiger partial charge in [0.25, 0.3) is 5.56 Å². The minimum absolute atomic E-state index is 0.0971. The van der Waals surface area contributed by atoms with E-state index in [2.05, 4.69) is 24.8 Å². The number of benzene rings is 1. The van der Waals surface area contributed by atoms with Gasteiger partial charge in [-0.3, -0.25) is 9.69 Å². The predicted molar refractivity (Wildman–Crippen MR) is 99.0 cm³/mol. The molecule has 0 unspecified atom stereocenters. The Morgan fingerprint density at radius 1 is 1.12 bits per heavy atom. The molecule has 5 N–H and O–H groups in total. The van der Waals surface area contributed by atoms with Crippen LogP contribution in [-0.2, 0) is 19.5 Å². The molecule has 8 nitrogen and oxygen atoms in total. The Balaban J connectivity index is 1.57. The van der Waals surface area contributed by atoms with Crippen molar-refractivity contribution in [3.05, 3.63) is 63.8 Å². The van der Waals surface area contributed by atoms with Crippen LogP contribution >= 0.6 is 0 Å². The minimum atomic E-state index is -0.0971. The molecule has 132 valence electrons. The van der Waals surface area contributed by atoms with Gasteiger partial charge in [0.05, 0.1) is 11.3 Å². The maximum absolute atomic E-state index is 12.6. The van der Waals surface area contributed by atoms with Crippen LogP contribution in [-0.4, -0.2) is 31.4 Å². The van der Waals surface area contributed by atoms with Gasteiger partial charge in [0.2, 0.25) is 5.95 Å². The third-order valence-corrected chi connectivity index (χ3v) is 4.46. The smallest absolute Gasteiger partial charge is 0.255 e. The average Bonchev–Trinajstić information content (AvgIpc) is 2.64. The molecule has 4 rings (SSSR count). The van der Waals surface area contributed by atoms with E-state index in [1.807, 2.05) is 12.1 Å². The summed E-state index contributed by atoms with van der Waals surface area (Å²) >= 11 is 0. The summed E-state index contributed by atoms with van der Waals surface area (Å²) in [7, 11) is 0. The minimum Gasteiger partial charge on any atom is -0.399 e. The summed E-state index contributed by atoms with van der Waals surface area (Å²) in [5, 5.41) is 0. The molecule has 0 radical (unpaired) electrons. The highest BCUT2D eigenvalue weighted by Gasteiger charge is 2.21. The third-order valence-electron chi connectivity index (χ3n) is 4.46. The second-order valence-corrected chi connectivity index (χ2v) is 6.37. The molecule has 0 atom stereocenters. The van der Waals surface area contributed by atoms with Gasteiger partial charge in [-0.1, -0.05) is 0 Å². The molecule has 0 spiro atoms. The Morgan fingerprint density at radius 3 is 2.58 bits per heavy atom. The molecule has 0 aliphatic carbocycles. The van der Waals surface area contributed by atoms with Crippen LogP contribution in [0.15, 0.2) is 41.5 Å². The first-order valence-corrected chi connectivity index (χ1v) is 8.35. The average molecular weight is 349 g/mol. The first-order chi connectivity index (χ1) is 12.6. The molecular weight excluding hydrogens is 330 g/mol. The van der Waals surface area contributed by atoms with Gasteiger partial charge < -0.3 is 16.5 Å². The van der Waals surface area contributed by atoms with Gasteiger partial charge in [-0.05, 0) is 24.3 Å². The molecule has 1 aliphatic rings. The zero-order valence-electron chi connectivity index (χ0n) is 14.1. The first kappa shape index (κ1) is 16.2. The topological polar surface area (TPSA) is 127 Å². The first-order valence-electron chi connectivity index (χ1n) is 8.35. The highest BCUT2D eigenvalue weighted by atomic mass is 16.1. The lowest BCUT2D eigenvalue weighted by atomic mass is 10.1. The molecule has 2 aromatic heterocycles. The van der Waals surface area contributed by atoms with E-state index in [0.717, 1.165) is 29.8 Å². The number of nitrogens with two attached hydrogens (primary N) is 2. The molecule has 0 saturated carbocycles. The Hall–Kier alpha value is -3.26. The normalized spacial score (nSPS) is 14.2. The van der Waals surface area contributed by atoms with E-state index < -0.39 is 0 Å². The van der Waals surface area contributed by atoms with E-state index in [4.69, 9.17) is 11.5 Å². The van der Waals surface area contributed by atoms with Crippen molar-refractivity contribution in [3.8, 4) is 11.4 Å². The van der Waals surface area contributed by atoms with E-state index >= 15 is 0 Å². The summed E-state index contributed by atoms with van der Waals surface area (Å²) in [5.41, 5.74) is 15.2. The fraction of sp³-hybridized carbons (Fsp3) is 0.222. The number of anilines is 2. The second kappa shape index (κ2) is 6.57. The van der Waals surface area contributed by atoms with Gasteiger partial charge in [0.15, 0.2) is 0 Å².